The Morgan fingerprint density at radius 2 is 1.86 bits per heavy atom. The number of rotatable bonds is 15. The number of hydrogen-bond acceptors (Lipinski definition) is 8. The number of ketones is 1. The summed E-state index contributed by atoms with van der Waals surface area (Å²) in [6.07, 6.45) is 1.91. The first-order chi connectivity index (χ1) is 17.3. The fraction of sp³-hybridized carbons (Fsp3) is 0.833. The summed E-state index contributed by atoms with van der Waals surface area (Å²) in [6.45, 7) is 10.8. The quantitative estimate of drug-likeness (QED) is 0.0812. The van der Waals surface area contributed by atoms with Crippen LogP contribution in [0.5, 0.6) is 0 Å². The van der Waals surface area contributed by atoms with Crippen molar-refractivity contribution in [3.05, 3.63) is 21.5 Å². The maximum atomic E-state index is 13.3. The predicted molar refractivity (Wildman–Crippen MR) is 141 cm³/mol. The average Bonchev–Trinajstić information content (AvgIpc) is 2.79. The molecular formula is C24H44N5O7P. The minimum atomic E-state index is -4.36. The van der Waals surface area contributed by atoms with Crippen LogP contribution < -0.4 is 11.1 Å². The smallest absolute Gasteiger partial charge is 0.407 e. The lowest BCUT2D eigenvalue weighted by molar-refractivity contribution is -0.129. The molecule has 0 bridgehead atoms. The van der Waals surface area contributed by atoms with Crippen molar-refractivity contribution >= 4 is 19.5 Å². The molecule has 0 aromatic rings. The van der Waals surface area contributed by atoms with Crippen LogP contribution in [0.1, 0.15) is 86.5 Å². The van der Waals surface area contributed by atoms with Gasteiger partial charge in [0, 0.05) is 29.6 Å². The van der Waals surface area contributed by atoms with Gasteiger partial charge in [0.05, 0.1) is 23.9 Å². The van der Waals surface area contributed by atoms with E-state index in [1.54, 1.807) is 20.8 Å². The number of hydrogen-bond donors (Lipinski definition) is 3. The third-order valence-electron chi connectivity index (χ3n) is 6.06. The van der Waals surface area contributed by atoms with E-state index in [4.69, 9.17) is 25.3 Å². The second kappa shape index (κ2) is 15.3. The van der Waals surface area contributed by atoms with Crippen molar-refractivity contribution in [2.75, 3.05) is 13.2 Å². The minimum Gasteiger partial charge on any atom is -0.444 e. The van der Waals surface area contributed by atoms with Gasteiger partial charge in [0.2, 0.25) is 0 Å². The number of azide groups is 1. The molecule has 1 amide bonds. The average molecular weight is 546 g/mol. The molecule has 212 valence electrons. The van der Waals surface area contributed by atoms with Gasteiger partial charge in [-0.05, 0) is 58.9 Å². The van der Waals surface area contributed by atoms with Gasteiger partial charge >= 0.3 is 13.7 Å². The number of ether oxygens (including phenoxy) is 2. The lowest BCUT2D eigenvalue weighted by Crippen LogP contribution is -2.54. The Kier molecular flexibility index (Phi) is 13.7. The molecule has 0 saturated carbocycles. The van der Waals surface area contributed by atoms with Crippen LogP contribution in [0.15, 0.2) is 16.1 Å². The van der Waals surface area contributed by atoms with Gasteiger partial charge in [-0.15, -0.1) is 0 Å². The van der Waals surface area contributed by atoms with Crippen molar-refractivity contribution in [3.8, 4) is 0 Å². The summed E-state index contributed by atoms with van der Waals surface area (Å²) in [7, 11) is -4.36. The first-order valence-electron chi connectivity index (χ1n) is 12.9. The molecule has 1 aliphatic rings. The number of alkyl carbamates (subject to hydrolysis) is 1. The van der Waals surface area contributed by atoms with Crippen LogP contribution in [0.3, 0.4) is 0 Å². The lowest BCUT2D eigenvalue weighted by atomic mass is 9.81. The van der Waals surface area contributed by atoms with Gasteiger partial charge in [0.1, 0.15) is 17.5 Å². The van der Waals surface area contributed by atoms with Crippen LogP contribution in [0.4, 0.5) is 4.79 Å². The van der Waals surface area contributed by atoms with Crippen molar-refractivity contribution in [2.45, 2.75) is 110 Å². The summed E-state index contributed by atoms with van der Waals surface area (Å²) in [5.41, 5.74) is 13.9. The van der Waals surface area contributed by atoms with E-state index in [1.165, 1.54) is 6.92 Å². The largest absolute Gasteiger partial charge is 0.444 e. The molecule has 1 rings (SSSR count). The second-order valence-electron chi connectivity index (χ2n) is 10.2. The molecule has 0 heterocycles. The molecule has 0 spiro atoms. The summed E-state index contributed by atoms with van der Waals surface area (Å²) < 4.78 is 30.3. The molecule has 0 radical (unpaired) electrons. The number of nitrogens with zero attached hydrogens (tertiary/aromatic N) is 3. The monoisotopic (exact) mass is 545 g/mol. The molecule has 37 heavy (non-hydrogen) atoms. The molecule has 0 aromatic carbocycles. The van der Waals surface area contributed by atoms with Crippen molar-refractivity contribution in [2.24, 2.45) is 16.8 Å². The number of Topliss-reactive ketones (excluding diaryl/α,β-unsaturated/α-hetero) is 1. The molecule has 1 unspecified atom stereocenters. The molecule has 13 heteroatoms. The molecular weight excluding hydrogens is 501 g/mol. The Morgan fingerprint density at radius 1 is 1.24 bits per heavy atom. The van der Waals surface area contributed by atoms with Crippen LogP contribution in [0.2, 0.25) is 0 Å². The Labute approximate surface area is 219 Å². The number of amides is 1. The van der Waals surface area contributed by atoms with E-state index in [2.05, 4.69) is 15.3 Å². The zero-order valence-corrected chi connectivity index (χ0v) is 23.8. The highest BCUT2D eigenvalue weighted by atomic mass is 31.2. The molecule has 0 fully saturated rings. The Morgan fingerprint density at radius 3 is 2.41 bits per heavy atom. The SMILES string of the molecule is CCC(CC)O[C@H]1C(N)=C(P(=O)(O)OCCCCCCN=[N+]=[N-])C[C@@H](NC(=O)OC(C)(C)C)[C@H]1C(C)=O. The van der Waals surface area contributed by atoms with E-state index in [1.807, 2.05) is 13.8 Å². The van der Waals surface area contributed by atoms with Gasteiger partial charge in [-0.2, -0.15) is 0 Å². The second-order valence-corrected chi connectivity index (χ2v) is 12.1. The molecule has 1 aliphatic carbocycles. The molecule has 0 aliphatic heterocycles. The topological polar surface area (TPSA) is 186 Å². The lowest BCUT2D eigenvalue weighted by Gasteiger charge is -2.40. The highest BCUT2D eigenvalue weighted by molar-refractivity contribution is 7.57. The van der Waals surface area contributed by atoms with Crippen LogP contribution >= 0.6 is 7.60 Å². The summed E-state index contributed by atoms with van der Waals surface area (Å²) >= 11 is 0. The Balaban J connectivity index is 3.17. The maximum Gasteiger partial charge on any atom is 0.407 e. The Hall–Kier alpha value is -2.10. The van der Waals surface area contributed by atoms with Crippen molar-refractivity contribution in [1.29, 1.82) is 0 Å². The van der Waals surface area contributed by atoms with Gasteiger partial charge in [-0.1, -0.05) is 31.8 Å². The highest BCUT2D eigenvalue weighted by Crippen LogP contribution is 2.56. The van der Waals surface area contributed by atoms with E-state index in [0.717, 1.165) is 19.3 Å². The minimum absolute atomic E-state index is 0.00506. The van der Waals surface area contributed by atoms with Gasteiger partial charge in [-0.3, -0.25) is 9.36 Å². The molecule has 4 atom stereocenters. The number of unbranched alkanes of at least 4 members (excludes halogenated alkanes) is 3. The third-order valence-corrected chi connectivity index (χ3v) is 7.71. The molecule has 12 nitrogen and oxygen atoms in total. The van der Waals surface area contributed by atoms with Gasteiger partial charge in [0.15, 0.2) is 0 Å². The van der Waals surface area contributed by atoms with Crippen LogP contribution in [-0.2, 0) is 23.4 Å². The number of carbonyl (C=O) groups excluding carboxylic acids is 2. The maximum absolute atomic E-state index is 13.3. The standard InChI is InChI=1S/C24H44N5O7P/c1-7-17(8-2)35-22-20(16(3)30)18(28-23(31)36-24(4,5)6)15-19(21(22)25)37(32,33)34-14-12-10-9-11-13-27-29-26/h17-18,20,22H,7-15,25H2,1-6H3,(H,28,31)(H,32,33)/t18-,20-,22-/m1/s1. The van der Waals surface area contributed by atoms with Crippen molar-refractivity contribution in [1.82, 2.24) is 5.32 Å². The fourth-order valence-electron chi connectivity index (χ4n) is 4.19. The number of carbonyl (C=O) groups is 2. The van der Waals surface area contributed by atoms with Crippen LogP contribution in [0.25, 0.3) is 10.4 Å². The summed E-state index contributed by atoms with van der Waals surface area (Å²) in [6, 6.07) is -0.876. The summed E-state index contributed by atoms with van der Waals surface area (Å²) in [5, 5.41) is 6.10. The van der Waals surface area contributed by atoms with E-state index >= 15 is 0 Å². The van der Waals surface area contributed by atoms with Crippen LogP contribution in [-0.4, -0.2) is 53.8 Å². The fourth-order valence-corrected chi connectivity index (χ4v) is 5.61. The predicted octanol–water partition coefficient (Wildman–Crippen LogP) is 5.31. The van der Waals surface area contributed by atoms with Crippen molar-refractivity contribution < 1.29 is 33.0 Å². The normalized spacial score (nSPS) is 21.8. The zero-order chi connectivity index (χ0) is 28.2. The van der Waals surface area contributed by atoms with E-state index in [9.17, 15) is 19.0 Å². The molecule has 0 saturated heterocycles. The first kappa shape index (κ1) is 32.9. The van der Waals surface area contributed by atoms with E-state index in [-0.39, 0.29) is 35.9 Å². The molecule has 4 N–H and O–H groups in total. The molecule has 0 aromatic heterocycles. The summed E-state index contributed by atoms with van der Waals surface area (Å²) in [4.78, 5) is 38.9. The summed E-state index contributed by atoms with van der Waals surface area (Å²) in [5.74, 6) is -1.14. The first-order valence-corrected chi connectivity index (χ1v) is 14.5. The number of nitrogens with two attached hydrogens (primary N) is 1. The number of nitrogens with one attached hydrogen (secondary N) is 1. The highest BCUT2D eigenvalue weighted by Gasteiger charge is 2.47. The van der Waals surface area contributed by atoms with Gasteiger partial charge in [0.25, 0.3) is 0 Å². The van der Waals surface area contributed by atoms with E-state index in [0.29, 0.717) is 25.8 Å². The van der Waals surface area contributed by atoms with Crippen LogP contribution in [0, 0.1) is 5.92 Å². The van der Waals surface area contributed by atoms with Gasteiger partial charge in [-0.25, -0.2) is 4.79 Å². The zero-order valence-electron chi connectivity index (χ0n) is 22.9. The van der Waals surface area contributed by atoms with E-state index < -0.39 is 37.4 Å². The Bertz CT molecular complexity index is 894. The van der Waals surface area contributed by atoms with Gasteiger partial charge < -0.3 is 29.9 Å². The third kappa shape index (κ3) is 11.0. The van der Waals surface area contributed by atoms with Crippen molar-refractivity contribution in [3.63, 3.8) is 0 Å².